The van der Waals surface area contributed by atoms with E-state index in [0.717, 1.165) is 13.1 Å². The minimum absolute atomic E-state index is 0.301. The van der Waals surface area contributed by atoms with E-state index in [1.807, 2.05) is 43.5 Å². The van der Waals surface area contributed by atoms with E-state index in [-0.39, 0.29) is 5.97 Å². The summed E-state index contributed by atoms with van der Waals surface area (Å²) in [5, 5.41) is 0. The van der Waals surface area contributed by atoms with Crippen LogP contribution in [0.2, 0.25) is 0 Å². The van der Waals surface area contributed by atoms with Gasteiger partial charge in [-0.2, -0.15) is 13.2 Å². The van der Waals surface area contributed by atoms with Crippen LogP contribution in [0.3, 0.4) is 0 Å². The number of ether oxygens (including phenoxy) is 1. The molecule has 1 aromatic rings. The summed E-state index contributed by atoms with van der Waals surface area (Å²) in [6.45, 7) is 7.55. The third-order valence-corrected chi connectivity index (χ3v) is 3.31. The van der Waals surface area contributed by atoms with E-state index in [1.54, 1.807) is 12.1 Å². The zero-order valence-corrected chi connectivity index (χ0v) is 14.1. The number of carbonyl (C=O) groups excluding carboxylic acids is 1. The fraction of sp³-hybridized carbons (Fsp3) is 0.429. The molecule has 0 aliphatic rings. The molecule has 10 heteroatoms. The predicted molar refractivity (Wildman–Crippen MR) is 79.6 cm³/mol. The van der Waals surface area contributed by atoms with Gasteiger partial charge in [0.15, 0.2) is 10.1 Å². The largest absolute Gasteiger partial charge is 0.741 e. The lowest BCUT2D eigenvalue weighted by atomic mass is 10.2. The fourth-order valence-corrected chi connectivity index (χ4v) is 1.50. The molecular weight excluding hydrogens is 351 g/mol. The number of halogens is 3. The molecule has 0 amide bonds. The van der Waals surface area contributed by atoms with Gasteiger partial charge in [-0.3, -0.25) is 0 Å². The van der Waals surface area contributed by atoms with Crippen LogP contribution in [-0.4, -0.2) is 48.0 Å². The maximum atomic E-state index is 11.7. The second kappa shape index (κ2) is 9.38. The van der Waals surface area contributed by atoms with E-state index in [9.17, 15) is 18.0 Å². The lowest BCUT2D eigenvalue weighted by Gasteiger charge is -2.08. The quantitative estimate of drug-likeness (QED) is 0.204. The lowest BCUT2D eigenvalue weighted by Crippen LogP contribution is -2.23. The van der Waals surface area contributed by atoms with Gasteiger partial charge in [0.1, 0.15) is 13.1 Å². The predicted octanol–water partition coefficient (Wildman–Crippen LogP) is 2.37. The van der Waals surface area contributed by atoms with E-state index in [2.05, 4.69) is 0 Å². The molecule has 0 aliphatic carbocycles. The van der Waals surface area contributed by atoms with Crippen molar-refractivity contribution in [2.45, 2.75) is 26.3 Å². The smallest absolute Gasteiger partial charge is 0.485 e. The molecule has 0 spiro atoms. The molecule has 136 valence electrons. The SMILES string of the molecule is CC[N+](CC)=C(C)OC(=O)c1ccccc1.O=S(=O)([O-])C(F)(F)F. The van der Waals surface area contributed by atoms with Crippen LogP contribution in [0, 0.1) is 0 Å². The summed E-state index contributed by atoms with van der Waals surface area (Å²) >= 11 is 0. The molecule has 0 heterocycles. The van der Waals surface area contributed by atoms with Crippen molar-refractivity contribution in [1.82, 2.24) is 0 Å². The third-order valence-electron chi connectivity index (χ3n) is 2.74. The Hall–Kier alpha value is -1.94. The van der Waals surface area contributed by atoms with Crippen molar-refractivity contribution in [1.29, 1.82) is 0 Å². The minimum Gasteiger partial charge on any atom is -0.741 e. The Kier molecular flexibility index (Phi) is 8.62. The highest BCUT2D eigenvalue weighted by molar-refractivity contribution is 7.86. The Labute approximate surface area is 138 Å². The summed E-state index contributed by atoms with van der Waals surface area (Å²) in [4.78, 5) is 11.7. The average molecular weight is 369 g/mol. The van der Waals surface area contributed by atoms with Crippen molar-refractivity contribution in [3.05, 3.63) is 35.9 Å². The molecule has 6 nitrogen and oxygen atoms in total. The van der Waals surface area contributed by atoms with Crippen LogP contribution in [-0.2, 0) is 14.9 Å². The van der Waals surface area contributed by atoms with E-state index in [1.165, 1.54) is 0 Å². The zero-order valence-electron chi connectivity index (χ0n) is 13.3. The lowest BCUT2D eigenvalue weighted by molar-refractivity contribution is -0.528. The molecule has 0 saturated carbocycles. The van der Waals surface area contributed by atoms with Crippen molar-refractivity contribution in [3.63, 3.8) is 0 Å². The minimum atomic E-state index is -6.09. The summed E-state index contributed by atoms with van der Waals surface area (Å²) in [6, 6.07) is 9.01. The first-order valence-corrected chi connectivity index (χ1v) is 8.22. The molecule has 0 saturated heterocycles. The van der Waals surface area contributed by atoms with Crippen LogP contribution in [0.4, 0.5) is 13.2 Å². The number of rotatable bonds is 3. The Balaban J connectivity index is 0.000000561. The molecule has 0 fully saturated rings. The van der Waals surface area contributed by atoms with Crippen LogP contribution < -0.4 is 0 Å². The number of alkyl halides is 3. The number of hydrogen-bond acceptors (Lipinski definition) is 5. The normalized spacial score (nSPS) is 11.1. The van der Waals surface area contributed by atoms with Gasteiger partial charge in [-0.15, -0.1) is 0 Å². The highest BCUT2D eigenvalue weighted by atomic mass is 32.2. The van der Waals surface area contributed by atoms with Gasteiger partial charge in [0.2, 0.25) is 0 Å². The standard InChI is InChI=1S/C13H18NO2.CHF3O3S/c1-4-14(5-2)11(3)16-13(15)12-9-7-6-8-10-12;2-1(3,4)8(5,6)7/h6-10H,4-5H2,1-3H3;(H,5,6,7)/q+1;/p-1. The van der Waals surface area contributed by atoms with E-state index in [4.69, 9.17) is 17.7 Å². The fourth-order valence-electron chi connectivity index (χ4n) is 1.50. The molecule has 1 rings (SSSR count). The Bertz CT molecular complexity index is 663. The van der Waals surface area contributed by atoms with Crippen LogP contribution in [0.1, 0.15) is 31.1 Å². The maximum Gasteiger partial charge on any atom is 0.485 e. The van der Waals surface area contributed by atoms with Crippen LogP contribution >= 0.6 is 0 Å². The van der Waals surface area contributed by atoms with Crippen LogP contribution in [0.5, 0.6) is 0 Å². The second-order valence-corrected chi connectivity index (χ2v) is 5.72. The summed E-state index contributed by atoms with van der Waals surface area (Å²) in [7, 11) is -6.09. The van der Waals surface area contributed by atoms with E-state index in [0.29, 0.717) is 11.5 Å². The molecule has 0 radical (unpaired) electrons. The van der Waals surface area contributed by atoms with Gasteiger partial charge in [-0.05, 0) is 26.0 Å². The molecule has 0 aromatic heterocycles. The Morgan fingerprint density at radius 2 is 1.58 bits per heavy atom. The van der Waals surface area contributed by atoms with E-state index < -0.39 is 15.6 Å². The van der Waals surface area contributed by atoms with Gasteiger partial charge in [-0.1, -0.05) is 18.2 Å². The van der Waals surface area contributed by atoms with Gasteiger partial charge in [0.25, 0.3) is 0 Å². The summed E-state index contributed by atoms with van der Waals surface area (Å²) in [6.07, 6.45) is 0. The van der Waals surface area contributed by atoms with Crippen molar-refractivity contribution in [3.8, 4) is 0 Å². The molecule has 0 atom stereocenters. The number of carbonyl (C=O) groups is 1. The van der Waals surface area contributed by atoms with E-state index >= 15 is 0 Å². The molecule has 0 N–H and O–H groups in total. The molecule has 0 unspecified atom stereocenters. The Morgan fingerprint density at radius 3 is 1.92 bits per heavy atom. The number of benzene rings is 1. The first-order chi connectivity index (χ1) is 10.9. The number of nitrogens with zero attached hydrogens (tertiary/aromatic N) is 1. The average Bonchev–Trinajstić information content (AvgIpc) is 2.48. The number of hydrogen-bond donors (Lipinski definition) is 0. The van der Waals surface area contributed by atoms with Crippen molar-refractivity contribution < 1.29 is 40.2 Å². The number of esters is 1. The van der Waals surface area contributed by atoms with Gasteiger partial charge in [0, 0.05) is 0 Å². The zero-order chi connectivity index (χ0) is 19.0. The monoisotopic (exact) mass is 369 g/mol. The second-order valence-electron chi connectivity index (χ2n) is 4.35. The van der Waals surface area contributed by atoms with Gasteiger partial charge >= 0.3 is 17.4 Å². The maximum absolute atomic E-state index is 11.7. The summed E-state index contributed by atoms with van der Waals surface area (Å²) < 4.78 is 66.2. The van der Waals surface area contributed by atoms with Crippen molar-refractivity contribution in [2.24, 2.45) is 0 Å². The first kappa shape index (κ1) is 22.1. The molecule has 0 aliphatic heterocycles. The highest BCUT2D eigenvalue weighted by Crippen LogP contribution is 2.20. The molecule has 1 aromatic carbocycles. The molecular formula is C14H18F3NO5S. The van der Waals surface area contributed by atoms with Crippen LogP contribution in [0.25, 0.3) is 0 Å². The van der Waals surface area contributed by atoms with Crippen molar-refractivity contribution in [2.75, 3.05) is 13.1 Å². The summed E-state index contributed by atoms with van der Waals surface area (Å²) in [5.74, 6) is 0.351. The van der Waals surface area contributed by atoms with Gasteiger partial charge < -0.3 is 9.29 Å². The van der Waals surface area contributed by atoms with Gasteiger partial charge in [-0.25, -0.2) is 17.8 Å². The Morgan fingerprint density at radius 1 is 1.17 bits per heavy atom. The first-order valence-electron chi connectivity index (χ1n) is 6.81. The molecule has 0 bridgehead atoms. The summed E-state index contributed by atoms with van der Waals surface area (Å²) in [5.41, 5.74) is -5.07. The third kappa shape index (κ3) is 7.55. The molecule has 24 heavy (non-hydrogen) atoms. The van der Waals surface area contributed by atoms with Crippen LogP contribution in [0.15, 0.2) is 30.3 Å². The highest BCUT2D eigenvalue weighted by Gasteiger charge is 2.36. The topological polar surface area (TPSA) is 86.5 Å². The van der Waals surface area contributed by atoms with Gasteiger partial charge in [0.05, 0.1) is 12.5 Å². The van der Waals surface area contributed by atoms with Crippen molar-refractivity contribution >= 4 is 22.0 Å².